The smallest absolute Gasteiger partial charge is 0.337 e. The summed E-state index contributed by atoms with van der Waals surface area (Å²) in [6.45, 7) is 15.9. The zero-order valence-electron chi connectivity index (χ0n) is 20.0. The maximum atomic E-state index is 12.4. The molecule has 2 aromatic rings. The van der Waals surface area contributed by atoms with Gasteiger partial charge in [-0.3, -0.25) is 4.98 Å². The lowest BCUT2D eigenvalue weighted by molar-refractivity contribution is -0.160. The Kier molecular flexibility index (Phi) is 6.47. The maximum absolute atomic E-state index is 12.4. The number of piperidine rings is 1. The molecule has 1 fully saturated rings. The molecule has 168 valence electrons. The van der Waals surface area contributed by atoms with Crippen LogP contribution in [0.15, 0.2) is 30.3 Å². The van der Waals surface area contributed by atoms with E-state index >= 15 is 0 Å². The molecule has 5 heteroatoms. The summed E-state index contributed by atoms with van der Waals surface area (Å²) in [5.74, 6) is -0.985. The van der Waals surface area contributed by atoms with Crippen LogP contribution in [-0.2, 0) is 9.53 Å². The molecule has 31 heavy (non-hydrogen) atoms. The van der Waals surface area contributed by atoms with Crippen molar-refractivity contribution in [2.75, 3.05) is 18.0 Å². The molecule has 2 heterocycles. The predicted molar refractivity (Wildman–Crippen MR) is 126 cm³/mol. The Hall–Kier alpha value is -2.40. The normalized spacial score (nSPS) is 17.5. The molecule has 3 rings (SSSR count). The quantitative estimate of drug-likeness (QED) is 0.644. The van der Waals surface area contributed by atoms with E-state index in [9.17, 15) is 9.90 Å². The third-order valence-corrected chi connectivity index (χ3v) is 6.03. The molecular weight excluding hydrogens is 388 g/mol. The number of nitrogens with zero attached hydrogens (tertiary/aromatic N) is 2. The number of benzene rings is 1. The van der Waals surface area contributed by atoms with Gasteiger partial charge in [0.1, 0.15) is 0 Å². The first-order chi connectivity index (χ1) is 14.4. The van der Waals surface area contributed by atoms with E-state index in [2.05, 4.69) is 30.9 Å². The second-order valence-electron chi connectivity index (χ2n) is 10.4. The molecule has 1 saturated heterocycles. The fourth-order valence-electron chi connectivity index (χ4n) is 4.36. The third-order valence-electron chi connectivity index (χ3n) is 6.03. The highest BCUT2D eigenvalue weighted by Crippen LogP contribution is 2.44. The SMILES string of the molecule is Cc1nc(C)c(C(OC(C)(C)C)C(=O)O)c(N2CCC(C)(C)CC2)c1-c1ccccc1. The van der Waals surface area contributed by atoms with Crippen molar-refractivity contribution < 1.29 is 14.6 Å². The van der Waals surface area contributed by atoms with Crippen LogP contribution in [0.25, 0.3) is 11.1 Å². The summed E-state index contributed by atoms with van der Waals surface area (Å²) in [5, 5.41) is 10.2. The topological polar surface area (TPSA) is 62.7 Å². The minimum Gasteiger partial charge on any atom is -0.479 e. The van der Waals surface area contributed by atoms with Crippen LogP contribution < -0.4 is 4.90 Å². The Bertz CT molecular complexity index is 935. The molecule has 0 amide bonds. The Morgan fingerprint density at radius 2 is 1.68 bits per heavy atom. The first kappa shape index (κ1) is 23.3. The lowest BCUT2D eigenvalue weighted by Crippen LogP contribution is -2.39. The van der Waals surface area contributed by atoms with Gasteiger partial charge in [-0.1, -0.05) is 44.2 Å². The number of aromatic nitrogens is 1. The van der Waals surface area contributed by atoms with Gasteiger partial charge in [-0.25, -0.2) is 4.79 Å². The van der Waals surface area contributed by atoms with Gasteiger partial charge >= 0.3 is 5.97 Å². The number of hydrogen-bond donors (Lipinski definition) is 1. The van der Waals surface area contributed by atoms with Crippen LogP contribution >= 0.6 is 0 Å². The van der Waals surface area contributed by atoms with Crippen LogP contribution in [0.4, 0.5) is 5.69 Å². The number of carbonyl (C=O) groups is 1. The van der Waals surface area contributed by atoms with Crippen molar-refractivity contribution >= 4 is 11.7 Å². The van der Waals surface area contributed by atoms with Crippen molar-refractivity contribution in [1.29, 1.82) is 0 Å². The molecule has 5 nitrogen and oxygen atoms in total. The van der Waals surface area contributed by atoms with E-state index in [4.69, 9.17) is 9.72 Å². The van der Waals surface area contributed by atoms with E-state index < -0.39 is 17.7 Å². The Morgan fingerprint density at radius 3 is 2.19 bits per heavy atom. The number of anilines is 1. The van der Waals surface area contributed by atoms with Crippen LogP contribution in [0.5, 0.6) is 0 Å². The standard InChI is InChI=1S/C26H36N2O3/c1-17-20(19-11-9-8-10-12-19)22(28-15-13-26(6,7)14-16-28)21(18(2)27-17)23(24(29)30)31-25(3,4)5/h8-12,23H,13-16H2,1-7H3,(H,29,30). The molecule has 1 N–H and O–H groups in total. The summed E-state index contributed by atoms with van der Waals surface area (Å²) in [4.78, 5) is 19.6. The van der Waals surface area contributed by atoms with Crippen molar-refractivity contribution in [2.24, 2.45) is 5.41 Å². The average molecular weight is 425 g/mol. The van der Waals surface area contributed by atoms with Crippen LogP contribution in [0.3, 0.4) is 0 Å². The molecule has 0 saturated carbocycles. The molecule has 1 unspecified atom stereocenters. The molecule has 1 aromatic heterocycles. The monoisotopic (exact) mass is 424 g/mol. The Morgan fingerprint density at radius 1 is 1.10 bits per heavy atom. The lowest BCUT2D eigenvalue weighted by atomic mass is 9.82. The first-order valence-electron chi connectivity index (χ1n) is 11.1. The summed E-state index contributed by atoms with van der Waals surface area (Å²) < 4.78 is 6.10. The van der Waals surface area contributed by atoms with Crippen molar-refractivity contribution in [3.05, 3.63) is 47.3 Å². The van der Waals surface area contributed by atoms with Gasteiger partial charge in [-0.05, 0) is 58.4 Å². The van der Waals surface area contributed by atoms with E-state index in [1.54, 1.807) is 0 Å². The lowest BCUT2D eigenvalue weighted by Gasteiger charge is -2.41. The fraction of sp³-hybridized carbons (Fsp3) is 0.538. The zero-order valence-corrected chi connectivity index (χ0v) is 20.0. The van der Waals surface area contributed by atoms with Crippen LogP contribution in [0.2, 0.25) is 0 Å². The van der Waals surface area contributed by atoms with E-state index in [-0.39, 0.29) is 5.41 Å². The maximum Gasteiger partial charge on any atom is 0.337 e. The number of carboxylic acid groups (broad SMARTS) is 1. The summed E-state index contributed by atoms with van der Waals surface area (Å²) in [6.07, 6.45) is 1.03. The van der Waals surface area contributed by atoms with Crippen LogP contribution in [0.1, 0.15) is 70.5 Å². The molecule has 1 atom stereocenters. The molecule has 0 bridgehead atoms. The second kappa shape index (κ2) is 8.62. The zero-order chi connectivity index (χ0) is 23.0. The van der Waals surface area contributed by atoms with Gasteiger partial charge in [0.15, 0.2) is 6.10 Å². The molecule has 0 spiro atoms. The molecule has 1 aromatic carbocycles. The average Bonchev–Trinajstić information content (AvgIpc) is 2.66. The van der Waals surface area contributed by atoms with E-state index in [1.165, 1.54) is 0 Å². The van der Waals surface area contributed by atoms with Gasteiger partial charge in [-0.2, -0.15) is 0 Å². The fourth-order valence-corrected chi connectivity index (χ4v) is 4.36. The highest BCUT2D eigenvalue weighted by atomic mass is 16.5. The number of carboxylic acids is 1. The number of pyridine rings is 1. The molecule has 0 aliphatic carbocycles. The van der Waals surface area contributed by atoms with Gasteiger partial charge in [0, 0.05) is 35.6 Å². The van der Waals surface area contributed by atoms with Gasteiger partial charge < -0.3 is 14.7 Å². The van der Waals surface area contributed by atoms with Crippen LogP contribution in [0, 0.1) is 19.3 Å². The van der Waals surface area contributed by atoms with Gasteiger partial charge in [0.2, 0.25) is 0 Å². The number of aliphatic carboxylic acids is 1. The summed E-state index contributed by atoms with van der Waals surface area (Å²) in [6, 6.07) is 10.2. The second-order valence-corrected chi connectivity index (χ2v) is 10.4. The first-order valence-corrected chi connectivity index (χ1v) is 11.1. The van der Waals surface area contributed by atoms with E-state index in [0.29, 0.717) is 11.3 Å². The minimum absolute atomic E-state index is 0.287. The van der Waals surface area contributed by atoms with Crippen molar-refractivity contribution in [3.63, 3.8) is 0 Å². The summed E-state index contributed by atoms with van der Waals surface area (Å²) in [5.41, 5.74) is 5.00. The Labute approximate surface area is 186 Å². The highest BCUT2D eigenvalue weighted by molar-refractivity contribution is 5.87. The predicted octanol–water partition coefficient (Wildman–Crippen LogP) is 5.93. The summed E-state index contributed by atoms with van der Waals surface area (Å²) in [7, 11) is 0. The molecule has 0 radical (unpaired) electrons. The molecular formula is C26H36N2O3. The number of rotatable bonds is 5. The van der Waals surface area contributed by atoms with Gasteiger partial charge in [0.05, 0.1) is 11.3 Å². The molecule has 1 aliphatic rings. The van der Waals surface area contributed by atoms with E-state index in [0.717, 1.165) is 48.4 Å². The summed E-state index contributed by atoms with van der Waals surface area (Å²) >= 11 is 0. The van der Waals surface area contributed by atoms with Crippen molar-refractivity contribution in [3.8, 4) is 11.1 Å². The highest BCUT2D eigenvalue weighted by Gasteiger charge is 2.36. The van der Waals surface area contributed by atoms with Gasteiger partial charge in [0.25, 0.3) is 0 Å². The largest absolute Gasteiger partial charge is 0.479 e. The third kappa shape index (κ3) is 5.27. The van der Waals surface area contributed by atoms with E-state index in [1.807, 2.05) is 52.8 Å². The number of aryl methyl sites for hydroxylation is 2. The molecule has 1 aliphatic heterocycles. The van der Waals surface area contributed by atoms with Crippen molar-refractivity contribution in [1.82, 2.24) is 4.98 Å². The van der Waals surface area contributed by atoms with Crippen LogP contribution in [-0.4, -0.2) is 34.8 Å². The van der Waals surface area contributed by atoms with Crippen molar-refractivity contribution in [2.45, 2.75) is 73.0 Å². The van der Waals surface area contributed by atoms with Gasteiger partial charge in [-0.15, -0.1) is 0 Å². The number of hydrogen-bond acceptors (Lipinski definition) is 4. The Balaban J connectivity index is 2.28. The number of ether oxygens (including phenoxy) is 1. The minimum atomic E-state index is -1.08.